The van der Waals surface area contributed by atoms with Crippen molar-refractivity contribution in [1.82, 2.24) is 4.98 Å². The number of rotatable bonds is 1. The number of nitrogens with zero attached hydrogens (tertiary/aromatic N) is 1. The van der Waals surface area contributed by atoms with E-state index < -0.39 is 5.91 Å². The van der Waals surface area contributed by atoms with Gasteiger partial charge in [0, 0.05) is 6.20 Å². The highest BCUT2D eigenvalue weighted by atomic mass is 79.9. The highest BCUT2D eigenvalue weighted by molar-refractivity contribution is 9.10. The lowest BCUT2D eigenvalue weighted by Gasteiger charge is -1.98. The molecule has 0 spiro atoms. The monoisotopic (exact) mass is 234 g/mol. The number of nitrogens with two attached hydrogens (primary N) is 1. The lowest BCUT2D eigenvalue weighted by Crippen LogP contribution is -2.11. The Hall–Kier alpha value is -0.610. The first-order valence-corrected chi connectivity index (χ1v) is 3.90. The second-order valence-corrected chi connectivity index (χ2v) is 2.98. The molecule has 1 aromatic heterocycles. The molecule has 1 aromatic rings. The maximum absolute atomic E-state index is 10.7. The van der Waals surface area contributed by atoms with Crippen LogP contribution in [0, 0.1) is 0 Å². The van der Waals surface area contributed by atoms with E-state index in [-0.39, 0.29) is 5.15 Å². The Balaban J connectivity index is 3.27. The van der Waals surface area contributed by atoms with Gasteiger partial charge in [-0.15, -0.1) is 0 Å². The molecule has 11 heavy (non-hydrogen) atoms. The molecule has 2 N–H and O–H groups in total. The summed E-state index contributed by atoms with van der Waals surface area (Å²) in [6.07, 6.45) is 1.42. The van der Waals surface area contributed by atoms with Gasteiger partial charge in [-0.3, -0.25) is 4.79 Å². The molecule has 0 bridgehead atoms. The number of amides is 1. The summed E-state index contributed by atoms with van der Waals surface area (Å²) in [5, 5.41) is 0.237. The van der Waals surface area contributed by atoms with Gasteiger partial charge in [0.25, 0.3) is 0 Å². The van der Waals surface area contributed by atoms with E-state index >= 15 is 0 Å². The predicted molar refractivity (Wildman–Crippen MR) is 45.5 cm³/mol. The van der Waals surface area contributed by atoms with Crippen LogP contribution in [0.5, 0.6) is 0 Å². The molecule has 0 aliphatic rings. The van der Waals surface area contributed by atoms with E-state index in [0.717, 1.165) is 0 Å². The second-order valence-electron chi connectivity index (χ2n) is 1.83. The molecule has 1 amide bonds. The first kappa shape index (κ1) is 8.49. The summed E-state index contributed by atoms with van der Waals surface area (Å²) in [5.41, 5.74) is 5.37. The first-order chi connectivity index (χ1) is 5.13. The standard InChI is InChI=1S/C6H4BrClN2O/c7-4-3(6(9)11)1-2-10-5(4)8/h1-2H,(H2,9,11). The van der Waals surface area contributed by atoms with Crippen molar-refractivity contribution in [2.45, 2.75) is 0 Å². The molecular weight excluding hydrogens is 231 g/mol. The molecule has 0 radical (unpaired) electrons. The van der Waals surface area contributed by atoms with Gasteiger partial charge in [0.2, 0.25) is 5.91 Å². The first-order valence-electron chi connectivity index (χ1n) is 2.72. The predicted octanol–water partition coefficient (Wildman–Crippen LogP) is 1.60. The molecule has 0 aromatic carbocycles. The number of hydrogen-bond acceptors (Lipinski definition) is 2. The zero-order chi connectivity index (χ0) is 8.43. The molecule has 5 heteroatoms. The Morgan fingerprint density at radius 1 is 1.73 bits per heavy atom. The van der Waals surface area contributed by atoms with Gasteiger partial charge in [-0.1, -0.05) is 11.6 Å². The fourth-order valence-electron chi connectivity index (χ4n) is 0.609. The molecule has 58 valence electrons. The molecule has 0 aliphatic heterocycles. The van der Waals surface area contributed by atoms with Gasteiger partial charge < -0.3 is 5.73 Å². The summed E-state index contributed by atoms with van der Waals surface area (Å²) in [5.74, 6) is -0.527. The van der Waals surface area contributed by atoms with Crippen molar-refractivity contribution in [2.24, 2.45) is 5.73 Å². The smallest absolute Gasteiger partial charge is 0.250 e. The normalized spacial score (nSPS) is 9.64. The molecule has 0 atom stereocenters. The zero-order valence-corrected chi connectivity index (χ0v) is 7.69. The average Bonchev–Trinajstić information content (AvgIpc) is 1.94. The molecule has 1 rings (SSSR count). The lowest BCUT2D eigenvalue weighted by molar-refractivity contribution is 0.0999. The third-order valence-corrected chi connectivity index (χ3v) is 2.43. The van der Waals surface area contributed by atoms with E-state index in [1.165, 1.54) is 12.3 Å². The molecule has 0 saturated carbocycles. The Bertz CT molecular complexity index is 303. The third kappa shape index (κ3) is 1.70. The summed E-state index contributed by atoms with van der Waals surface area (Å²) in [6, 6.07) is 1.50. The van der Waals surface area contributed by atoms with E-state index in [9.17, 15) is 4.79 Å². The number of carbonyl (C=O) groups excluding carboxylic acids is 1. The molecule has 0 fully saturated rings. The topological polar surface area (TPSA) is 56.0 Å². The van der Waals surface area contributed by atoms with Crippen LogP contribution in [0.3, 0.4) is 0 Å². The van der Waals surface area contributed by atoms with E-state index in [0.29, 0.717) is 10.0 Å². The van der Waals surface area contributed by atoms with Crippen LogP contribution in [-0.4, -0.2) is 10.9 Å². The number of halogens is 2. The van der Waals surface area contributed by atoms with Gasteiger partial charge in [0.05, 0.1) is 10.0 Å². The van der Waals surface area contributed by atoms with Crippen molar-refractivity contribution in [3.8, 4) is 0 Å². The number of aromatic nitrogens is 1. The van der Waals surface area contributed by atoms with Crippen molar-refractivity contribution >= 4 is 33.4 Å². The minimum atomic E-state index is -0.527. The minimum Gasteiger partial charge on any atom is -0.366 e. The van der Waals surface area contributed by atoms with Crippen LogP contribution in [0.15, 0.2) is 16.7 Å². The summed E-state index contributed by atoms with van der Waals surface area (Å²) in [6.45, 7) is 0. The zero-order valence-electron chi connectivity index (χ0n) is 5.34. The molecular formula is C6H4BrClN2O. The van der Waals surface area contributed by atoms with Gasteiger partial charge in [0.15, 0.2) is 0 Å². The summed E-state index contributed by atoms with van der Waals surface area (Å²) in [4.78, 5) is 14.4. The van der Waals surface area contributed by atoms with Crippen LogP contribution in [0.25, 0.3) is 0 Å². The van der Waals surface area contributed by atoms with E-state index in [1.807, 2.05) is 0 Å². The molecule has 3 nitrogen and oxygen atoms in total. The van der Waals surface area contributed by atoms with Gasteiger partial charge in [-0.2, -0.15) is 0 Å². The van der Waals surface area contributed by atoms with Crippen LogP contribution >= 0.6 is 27.5 Å². The van der Waals surface area contributed by atoms with Crippen molar-refractivity contribution in [1.29, 1.82) is 0 Å². The minimum absolute atomic E-state index is 0.237. The summed E-state index contributed by atoms with van der Waals surface area (Å²) < 4.78 is 0.439. The van der Waals surface area contributed by atoms with Crippen LogP contribution in [0.1, 0.15) is 10.4 Å². The van der Waals surface area contributed by atoms with Crippen LogP contribution in [0.2, 0.25) is 5.15 Å². The van der Waals surface area contributed by atoms with Crippen molar-refractivity contribution in [3.63, 3.8) is 0 Å². The van der Waals surface area contributed by atoms with Gasteiger partial charge in [-0.05, 0) is 22.0 Å². The highest BCUT2D eigenvalue weighted by Gasteiger charge is 2.08. The quantitative estimate of drug-likeness (QED) is 0.752. The number of pyridine rings is 1. The molecule has 0 aliphatic carbocycles. The fourth-order valence-corrected chi connectivity index (χ4v) is 1.20. The van der Waals surface area contributed by atoms with E-state index in [1.54, 1.807) is 0 Å². The molecule has 1 heterocycles. The molecule has 0 unspecified atom stereocenters. The van der Waals surface area contributed by atoms with Crippen molar-refractivity contribution < 1.29 is 4.79 Å². The van der Waals surface area contributed by atoms with Gasteiger partial charge in [-0.25, -0.2) is 4.98 Å². The maximum Gasteiger partial charge on any atom is 0.250 e. The van der Waals surface area contributed by atoms with E-state index in [2.05, 4.69) is 20.9 Å². The maximum atomic E-state index is 10.7. The van der Waals surface area contributed by atoms with E-state index in [4.69, 9.17) is 17.3 Å². The second kappa shape index (κ2) is 3.19. The Morgan fingerprint density at radius 2 is 2.36 bits per heavy atom. The largest absolute Gasteiger partial charge is 0.366 e. The van der Waals surface area contributed by atoms with Crippen molar-refractivity contribution in [3.05, 3.63) is 27.5 Å². The fraction of sp³-hybridized carbons (Fsp3) is 0. The molecule has 0 saturated heterocycles. The summed E-state index contributed by atoms with van der Waals surface area (Å²) >= 11 is 8.68. The average molecular weight is 235 g/mol. The Kier molecular flexibility index (Phi) is 2.46. The van der Waals surface area contributed by atoms with Crippen molar-refractivity contribution in [2.75, 3.05) is 0 Å². The summed E-state index contributed by atoms with van der Waals surface area (Å²) in [7, 11) is 0. The number of carbonyl (C=O) groups is 1. The van der Waals surface area contributed by atoms with Crippen LogP contribution in [0.4, 0.5) is 0 Å². The van der Waals surface area contributed by atoms with Crippen LogP contribution in [-0.2, 0) is 0 Å². The Labute approximate surface area is 76.7 Å². The van der Waals surface area contributed by atoms with Crippen LogP contribution < -0.4 is 5.73 Å². The highest BCUT2D eigenvalue weighted by Crippen LogP contribution is 2.22. The number of hydrogen-bond donors (Lipinski definition) is 1. The van der Waals surface area contributed by atoms with Gasteiger partial charge >= 0.3 is 0 Å². The van der Waals surface area contributed by atoms with Gasteiger partial charge in [0.1, 0.15) is 5.15 Å². The SMILES string of the molecule is NC(=O)c1ccnc(Cl)c1Br. The third-order valence-electron chi connectivity index (χ3n) is 1.11. The lowest BCUT2D eigenvalue weighted by atomic mass is 10.3. The Morgan fingerprint density at radius 3 is 2.82 bits per heavy atom. The number of primary amides is 1.